The monoisotopic (exact) mass is 456 g/mol. The van der Waals surface area contributed by atoms with Crippen molar-refractivity contribution >= 4 is 34.7 Å². The van der Waals surface area contributed by atoms with Gasteiger partial charge in [-0.3, -0.25) is 0 Å². The van der Waals surface area contributed by atoms with Crippen molar-refractivity contribution in [1.29, 1.82) is 0 Å². The van der Waals surface area contributed by atoms with Gasteiger partial charge in [0.05, 0.1) is 0 Å². The van der Waals surface area contributed by atoms with Crippen LogP contribution in [0.3, 0.4) is 0 Å². The largest absolute Gasteiger partial charge is 0.458 e. The minimum atomic E-state index is 0.0180. The van der Waals surface area contributed by atoms with Gasteiger partial charge >= 0.3 is 0 Å². The first-order valence-corrected chi connectivity index (χ1v) is 11.7. The number of hydrogen-bond donors (Lipinski definition) is 0. The average molecular weight is 457 g/mol. The summed E-state index contributed by atoms with van der Waals surface area (Å²) < 4.78 is 12.8. The molecule has 0 spiro atoms. The van der Waals surface area contributed by atoms with E-state index >= 15 is 0 Å². The Labute approximate surface area is 203 Å². The highest BCUT2D eigenvalue weighted by atomic mass is 35.5. The Balaban J connectivity index is 1.41. The zero-order valence-electron chi connectivity index (χ0n) is 18.2. The molecule has 0 saturated heterocycles. The Morgan fingerprint density at radius 1 is 0.471 bits per heavy atom. The third kappa shape index (κ3) is 3.05. The summed E-state index contributed by atoms with van der Waals surface area (Å²) in [6, 6.07) is 37.5. The van der Waals surface area contributed by atoms with E-state index in [4.69, 9.17) is 21.1 Å². The van der Waals surface area contributed by atoms with Crippen LogP contribution in [0.15, 0.2) is 109 Å². The molecule has 4 heteroatoms. The lowest BCUT2D eigenvalue weighted by Crippen LogP contribution is -2.57. The van der Waals surface area contributed by atoms with Crippen LogP contribution in [-0.4, -0.2) is 6.71 Å². The standard InChI is InChI=1S/C30H18BClO2/c32-23-17-28-30-29(18-23)34-27-16-22(20-9-5-2-6-10-20)12-14-25(27)31(30)24-13-11-21(15-26(24)33-28)19-7-3-1-4-8-19/h1-18H. The lowest BCUT2D eigenvalue weighted by atomic mass is 9.35. The van der Waals surface area contributed by atoms with Crippen molar-refractivity contribution in [3.8, 4) is 45.3 Å². The van der Waals surface area contributed by atoms with E-state index in [2.05, 4.69) is 84.9 Å². The van der Waals surface area contributed by atoms with Crippen molar-refractivity contribution < 1.29 is 9.47 Å². The fourth-order valence-electron chi connectivity index (χ4n) is 5.08. The van der Waals surface area contributed by atoms with Crippen LogP contribution in [0.2, 0.25) is 5.02 Å². The molecule has 0 fully saturated rings. The van der Waals surface area contributed by atoms with Crippen molar-refractivity contribution in [2.45, 2.75) is 0 Å². The summed E-state index contributed by atoms with van der Waals surface area (Å²) >= 11 is 6.48. The molecule has 0 amide bonds. The molecule has 0 N–H and O–H groups in total. The summed E-state index contributed by atoms with van der Waals surface area (Å²) in [5.41, 5.74) is 7.86. The maximum atomic E-state index is 6.48. The molecular formula is C30H18BClO2. The highest BCUT2D eigenvalue weighted by Crippen LogP contribution is 2.38. The molecule has 5 aromatic carbocycles. The first-order valence-electron chi connectivity index (χ1n) is 11.3. The molecule has 160 valence electrons. The second-order valence-electron chi connectivity index (χ2n) is 8.69. The molecule has 0 radical (unpaired) electrons. The highest BCUT2D eigenvalue weighted by molar-refractivity contribution is 6.98. The van der Waals surface area contributed by atoms with Gasteiger partial charge in [0.25, 0.3) is 6.71 Å². The first kappa shape index (κ1) is 19.5. The molecular weight excluding hydrogens is 439 g/mol. The average Bonchev–Trinajstić information content (AvgIpc) is 2.88. The number of hydrogen-bond acceptors (Lipinski definition) is 2. The van der Waals surface area contributed by atoms with Crippen LogP contribution in [0, 0.1) is 0 Å². The van der Waals surface area contributed by atoms with Gasteiger partial charge in [-0.05, 0) is 57.4 Å². The Bertz CT molecular complexity index is 1450. The summed E-state index contributed by atoms with van der Waals surface area (Å²) in [7, 11) is 0. The normalized spacial score (nSPS) is 12.7. The highest BCUT2D eigenvalue weighted by Gasteiger charge is 2.40. The lowest BCUT2D eigenvalue weighted by molar-refractivity contribution is 0.465. The number of benzene rings is 5. The van der Waals surface area contributed by atoms with Crippen molar-refractivity contribution in [2.75, 3.05) is 0 Å². The van der Waals surface area contributed by atoms with E-state index in [0.717, 1.165) is 61.6 Å². The summed E-state index contributed by atoms with van der Waals surface area (Å²) in [5, 5.41) is 0.595. The second kappa shape index (κ2) is 7.54. The number of rotatable bonds is 2. The Morgan fingerprint density at radius 3 is 1.41 bits per heavy atom. The van der Waals surface area contributed by atoms with Crippen LogP contribution >= 0.6 is 11.6 Å². The van der Waals surface area contributed by atoms with Gasteiger partial charge in [0.2, 0.25) is 0 Å². The SMILES string of the molecule is Clc1cc2c3c(c1)Oc1cc(-c4ccccc4)ccc1B3c1ccc(-c3ccccc3)cc1O2. The summed E-state index contributed by atoms with van der Waals surface area (Å²) in [6.45, 7) is 0.0180. The molecule has 34 heavy (non-hydrogen) atoms. The minimum Gasteiger partial charge on any atom is -0.458 e. The van der Waals surface area contributed by atoms with Gasteiger partial charge in [0.15, 0.2) is 0 Å². The van der Waals surface area contributed by atoms with Crippen LogP contribution in [-0.2, 0) is 0 Å². The molecule has 2 nitrogen and oxygen atoms in total. The van der Waals surface area contributed by atoms with Crippen LogP contribution in [0.25, 0.3) is 22.3 Å². The quantitative estimate of drug-likeness (QED) is 0.280. The molecule has 0 saturated carbocycles. The van der Waals surface area contributed by atoms with Crippen LogP contribution in [0.1, 0.15) is 0 Å². The van der Waals surface area contributed by atoms with E-state index in [-0.39, 0.29) is 6.71 Å². The smallest absolute Gasteiger partial charge is 0.260 e. The van der Waals surface area contributed by atoms with Crippen molar-refractivity contribution in [1.82, 2.24) is 0 Å². The van der Waals surface area contributed by atoms with Crippen molar-refractivity contribution in [3.05, 3.63) is 114 Å². The maximum absolute atomic E-state index is 6.48. The zero-order valence-corrected chi connectivity index (χ0v) is 18.9. The molecule has 2 aliphatic heterocycles. The predicted molar refractivity (Wildman–Crippen MR) is 140 cm³/mol. The van der Waals surface area contributed by atoms with Gasteiger partial charge in [-0.2, -0.15) is 0 Å². The predicted octanol–water partition coefficient (Wildman–Crippen LogP) is 6.40. The van der Waals surface area contributed by atoms with Crippen LogP contribution in [0.4, 0.5) is 0 Å². The molecule has 5 aromatic rings. The molecule has 0 atom stereocenters. The Hall–Kier alpha value is -3.95. The zero-order chi connectivity index (χ0) is 22.6. The third-order valence-electron chi connectivity index (χ3n) is 6.66. The van der Waals surface area contributed by atoms with Gasteiger partial charge in [-0.1, -0.05) is 96.5 Å². The lowest BCUT2D eigenvalue weighted by Gasteiger charge is -2.33. The van der Waals surface area contributed by atoms with Crippen LogP contribution in [0.5, 0.6) is 23.0 Å². The van der Waals surface area contributed by atoms with E-state index < -0.39 is 0 Å². The van der Waals surface area contributed by atoms with Gasteiger partial charge < -0.3 is 9.47 Å². The Kier molecular flexibility index (Phi) is 4.33. The maximum Gasteiger partial charge on any atom is 0.260 e. The molecule has 2 aliphatic rings. The summed E-state index contributed by atoms with van der Waals surface area (Å²) in [6.07, 6.45) is 0. The van der Waals surface area contributed by atoms with E-state index in [1.807, 2.05) is 24.3 Å². The first-order chi connectivity index (χ1) is 16.7. The molecule has 7 rings (SSSR count). The molecule has 0 unspecified atom stereocenters. The van der Waals surface area contributed by atoms with Gasteiger partial charge in [-0.25, -0.2) is 0 Å². The fraction of sp³-hybridized carbons (Fsp3) is 0. The molecule has 0 aromatic heterocycles. The van der Waals surface area contributed by atoms with E-state index in [9.17, 15) is 0 Å². The van der Waals surface area contributed by atoms with Gasteiger partial charge in [0, 0.05) is 10.5 Å². The number of halogens is 1. The van der Waals surface area contributed by atoms with E-state index in [0.29, 0.717) is 5.02 Å². The molecule has 0 bridgehead atoms. The van der Waals surface area contributed by atoms with E-state index in [1.54, 1.807) is 0 Å². The number of ether oxygens (including phenoxy) is 2. The Morgan fingerprint density at radius 2 is 0.941 bits per heavy atom. The second-order valence-corrected chi connectivity index (χ2v) is 9.13. The minimum absolute atomic E-state index is 0.0180. The topological polar surface area (TPSA) is 18.5 Å². The molecule has 2 heterocycles. The molecule has 0 aliphatic carbocycles. The fourth-order valence-corrected chi connectivity index (χ4v) is 5.28. The van der Waals surface area contributed by atoms with Gasteiger partial charge in [0.1, 0.15) is 23.0 Å². The van der Waals surface area contributed by atoms with Crippen LogP contribution < -0.4 is 25.9 Å². The van der Waals surface area contributed by atoms with E-state index in [1.165, 1.54) is 0 Å². The van der Waals surface area contributed by atoms with Gasteiger partial charge in [-0.15, -0.1) is 0 Å². The number of fused-ring (bicyclic) bond motifs is 4. The van der Waals surface area contributed by atoms with Crippen molar-refractivity contribution in [2.24, 2.45) is 0 Å². The van der Waals surface area contributed by atoms with Crippen molar-refractivity contribution in [3.63, 3.8) is 0 Å². The summed E-state index contributed by atoms with van der Waals surface area (Å²) in [5.74, 6) is 3.21. The third-order valence-corrected chi connectivity index (χ3v) is 6.88. The summed E-state index contributed by atoms with van der Waals surface area (Å²) in [4.78, 5) is 0.